The first-order chi connectivity index (χ1) is 12.0. The van der Waals surface area contributed by atoms with Crippen LogP contribution in [0.15, 0.2) is 48.5 Å². The molecule has 25 heavy (non-hydrogen) atoms. The zero-order valence-electron chi connectivity index (χ0n) is 15.9. The van der Waals surface area contributed by atoms with Crippen molar-refractivity contribution < 1.29 is 4.79 Å². The van der Waals surface area contributed by atoms with Crippen molar-refractivity contribution in [2.45, 2.75) is 39.2 Å². The van der Waals surface area contributed by atoms with Crippen molar-refractivity contribution in [2.24, 2.45) is 0 Å². The molecule has 0 heterocycles. The number of hydrogen-bond donors (Lipinski definition) is 1. The van der Waals surface area contributed by atoms with Gasteiger partial charge in [0.15, 0.2) is 0 Å². The van der Waals surface area contributed by atoms with E-state index < -0.39 is 0 Å². The number of likely N-dealkylation sites (N-methyl/N-ethyl adjacent to an activating group) is 1. The van der Waals surface area contributed by atoms with Gasteiger partial charge < -0.3 is 10.2 Å². The lowest BCUT2D eigenvalue weighted by Gasteiger charge is -2.25. The van der Waals surface area contributed by atoms with Gasteiger partial charge in [0.05, 0.1) is 0 Å². The van der Waals surface area contributed by atoms with E-state index in [0.29, 0.717) is 19.0 Å². The van der Waals surface area contributed by atoms with Gasteiger partial charge in [-0.1, -0.05) is 54.1 Å². The fraction of sp³-hybridized carbons (Fsp3) is 0.409. The predicted octanol–water partition coefficient (Wildman–Crippen LogP) is 3.53. The number of carbonyl (C=O) groups is 1. The molecule has 0 aromatic heterocycles. The van der Waals surface area contributed by atoms with Crippen molar-refractivity contribution in [2.75, 3.05) is 20.6 Å². The van der Waals surface area contributed by atoms with Gasteiger partial charge in [-0.15, -0.1) is 0 Å². The van der Waals surface area contributed by atoms with Crippen molar-refractivity contribution in [3.05, 3.63) is 70.8 Å². The zero-order valence-corrected chi connectivity index (χ0v) is 15.9. The SMILES string of the molecule is Cc1ccc(CCC(=O)NCC(Cc2ccccc2)N(C)C)c(C)c1. The van der Waals surface area contributed by atoms with Gasteiger partial charge in [0.2, 0.25) is 5.91 Å². The number of rotatable bonds is 8. The summed E-state index contributed by atoms with van der Waals surface area (Å²) in [7, 11) is 4.13. The van der Waals surface area contributed by atoms with Gasteiger partial charge in [-0.3, -0.25) is 4.79 Å². The molecule has 0 fully saturated rings. The number of amides is 1. The highest BCUT2D eigenvalue weighted by molar-refractivity contribution is 5.76. The summed E-state index contributed by atoms with van der Waals surface area (Å²) in [6, 6.07) is 17.1. The van der Waals surface area contributed by atoms with Gasteiger partial charge in [-0.2, -0.15) is 0 Å². The van der Waals surface area contributed by atoms with E-state index in [-0.39, 0.29) is 5.91 Å². The smallest absolute Gasteiger partial charge is 0.220 e. The Morgan fingerprint density at radius 1 is 1.08 bits per heavy atom. The molecule has 1 atom stereocenters. The minimum atomic E-state index is 0.125. The van der Waals surface area contributed by atoms with E-state index in [0.717, 1.165) is 12.8 Å². The van der Waals surface area contributed by atoms with Crippen LogP contribution in [0.25, 0.3) is 0 Å². The van der Waals surface area contributed by atoms with E-state index in [1.165, 1.54) is 22.3 Å². The van der Waals surface area contributed by atoms with Crippen LogP contribution in [0.3, 0.4) is 0 Å². The molecule has 0 saturated heterocycles. The molecule has 1 N–H and O–H groups in total. The summed E-state index contributed by atoms with van der Waals surface area (Å²) in [4.78, 5) is 14.4. The maximum absolute atomic E-state index is 12.2. The first kappa shape index (κ1) is 19.2. The second kappa shape index (κ2) is 9.38. The number of nitrogens with one attached hydrogen (secondary N) is 1. The van der Waals surface area contributed by atoms with Crippen LogP contribution in [0, 0.1) is 13.8 Å². The molecule has 0 aliphatic rings. The molecular weight excluding hydrogens is 308 g/mol. The normalized spacial score (nSPS) is 12.2. The number of nitrogens with zero attached hydrogens (tertiary/aromatic N) is 1. The van der Waals surface area contributed by atoms with Gasteiger partial charge in [0.1, 0.15) is 0 Å². The van der Waals surface area contributed by atoms with Crippen LogP contribution in [-0.4, -0.2) is 37.5 Å². The van der Waals surface area contributed by atoms with Crippen molar-refractivity contribution in [1.82, 2.24) is 10.2 Å². The first-order valence-corrected chi connectivity index (χ1v) is 8.99. The molecule has 0 spiro atoms. The number of aryl methyl sites for hydroxylation is 3. The van der Waals surface area contributed by atoms with Gasteiger partial charge in [0, 0.05) is 19.0 Å². The molecule has 1 unspecified atom stereocenters. The van der Waals surface area contributed by atoms with E-state index in [2.05, 4.69) is 80.6 Å². The van der Waals surface area contributed by atoms with Crippen LogP contribution in [0.2, 0.25) is 0 Å². The maximum Gasteiger partial charge on any atom is 0.220 e. The average molecular weight is 338 g/mol. The Labute approximate surface area is 152 Å². The van der Waals surface area contributed by atoms with Crippen molar-refractivity contribution in [1.29, 1.82) is 0 Å². The molecule has 2 rings (SSSR count). The average Bonchev–Trinajstić information content (AvgIpc) is 2.58. The third-order valence-electron chi connectivity index (χ3n) is 4.70. The molecule has 0 saturated carbocycles. The fourth-order valence-electron chi connectivity index (χ4n) is 3.02. The number of benzene rings is 2. The molecule has 134 valence electrons. The van der Waals surface area contributed by atoms with E-state index in [1.807, 2.05) is 6.07 Å². The Kier molecular flexibility index (Phi) is 7.20. The predicted molar refractivity (Wildman–Crippen MR) is 105 cm³/mol. The molecule has 2 aromatic carbocycles. The highest BCUT2D eigenvalue weighted by Crippen LogP contribution is 2.12. The minimum absolute atomic E-state index is 0.125. The molecule has 2 aromatic rings. The third kappa shape index (κ3) is 6.35. The van der Waals surface area contributed by atoms with Crippen LogP contribution < -0.4 is 5.32 Å². The van der Waals surface area contributed by atoms with Crippen LogP contribution in [0.4, 0.5) is 0 Å². The fourth-order valence-corrected chi connectivity index (χ4v) is 3.02. The summed E-state index contributed by atoms with van der Waals surface area (Å²) in [5, 5.41) is 3.10. The van der Waals surface area contributed by atoms with Crippen LogP contribution in [0.5, 0.6) is 0 Å². The zero-order chi connectivity index (χ0) is 18.2. The van der Waals surface area contributed by atoms with E-state index >= 15 is 0 Å². The monoisotopic (exact) mass is 338 g/mol. The van der Waals surface area contributed by atoms with Gasteiger partial charge >= 0.3 is 0 Å². The largest absolute Gasteiger partial charge is 0.355 e. The number of hydrogen-bond acceptors (Lipinski definition) is 2. The highest BCUT2D eigenvalue weighted by atomic mass is 16.1. The van der Waals surface area contributed by atoms with Gasteiger partial charge in [0.25, 0.3) is 0 Å². The Morgan fingerprint density at radius 2 is 1.80 bits per heavy atom. The van der Waals surface area contributed by atoms with Gasteiger partial charge in [-0.05, 0) is 57.5 Å². The van der Waals surface area contributed by atoms with Gasteiger partial charge in [-0.25, -0.2) is 0 Å². The molecule has 3 nitrogen and oxygen atoms in total. The summed E-state index contributed by atoms with van der Waals surface area (Å²) < 4.78 is 0. The van der Waals surface area contributed by atoms with Crippen LogP contribution in [0.1, 0.15) is 28.7 Å². The van der Waals surface area contributed by atoms with Crippen molar-refractivity contribution >= 4 is 5.91 Å². The summed E-state index contributed by atoms with van der Waals surface area (Å²) in [6.45, 7) is 4.88. The second-order valence-electron chi connectivity index (χ2n) is 7.04. The molecule has 0 aliphatic carbocycles. The lowest BCUT2D eigenvalue weighted by atomic mass is 10.0. The second-order valence-corrected chi connectivity index (χ2v) is 7.04. The van der Waals surface area contributed by atoms with Crippen molar-refractivity contribution in [3.63, 3.8) is 0 Å². The Hall–Kier alpha value is -2.13. The van der Waals surface area contributed by atoms with E-state index in [1.54, 1.807) is 0 Å². The Bertz CT molecular complexity index is 680. The molecule has 0 radical (unpaired) electrons. The lowest BCUT2D eigenvalue weighted by molar-refractivity contribution is -0.121. The van der Waals surface area contributed by atoms with E-state index in [9.17, 15) is 4.79 Å². The molecule has 0 aliphatic heterocycles. The number of carbonyl (C=O) groups excluding carboxylic acids is 1. The molecule has 3 heteroatoms. The van der Waals surface area contributed by atoms with Crippen LogP contribution in [-0.2, 0) is 17.6 Å². The lowest BCUT2D eigenvalue weighted by Crippen LogP contribution is -2.41. The highest BCUT2D eigenvalue weighted by Gasteiger charge is 2.14. The van der Waals surface area contributed by atoms with Crippen LogP contribution >= 0.6 is 0 Å². The summed E-state index contributed by atoms with van der Waals surface area (Å²) in [6.07, 6.45) is 2.27. The maximum atomic E-state index is 12.2. The first-order valence-electron chi connectivity index (χ1n) is 8.99. The quantitative estimate of drug-likeness (QED) is 0.799. The Balaban J connectivity index is 1.82. The summed E-state index contributed by atoms with van der Waals surface area (Å²) in [5.74, 6) is 0.125. The van der Waals surface area contributed by atoms with Crippen molar-refractivity contribution in [3.8, 4) is 0 Å². The Morgan fingerprint density at radius 3 is 2.44 bits per heavy atom. The third-order valence-corrected chi connectivity index (χ3v) is 4.70. The minimum Gasteiger partial charge on any atom is -0.355 e. The summed E-state index contributed by atoms with van der Waals surface area (Å²) in [5.41, 5.74) is 5.09. The topological polar surface area (TPSA) is 32.3 Å². The summed E-state index contributed by atoms with van der Waals surface area (Å²) >= 11 is 0. The standard InChI is InChI=1S/C22H30N2O/c1-17-10-11-20(18(2)14-17)12-13-22(25)23-16-21(24(3)4)15-19-8-6-5-7-9-19/h5-11,14,21H,12-13,15-16H2,1-4H3,(H,23,25). The molecule has 1 amide bonds. The molecular formula is C22H30N2O. The van der Waals surface area contributed by atoms with E-state index in [4.69, 9.17) is 0 Å². The molecule has 0 bridgehead atoms.